The summed E-state index contributed by atoms with van der Waals surface area (Å²) in [6, 6.07) is 12.6. The molecule has 2 aromatic carbocycles. The normalized spacial score (nSPS) is 18.1. The van der Waals surface area contributed by atoms with Crippen LogP contribution < -0.4 is 10.9 Å². The molecule has 2 aromatic rings. The number of hydrogen-bond acceptors (Lipinski definition) is 8. The lowest BCUT2D eigenvalue weighted by atomic mass is 10.2. The van der Waals surface area contributed by atoms with Crippen molar-refractivity contribution < 1.29 is 19.2 Å². The van der Waals surface area contributed by atoms with Crippen LogP contribution in [-0.2, 0) is 9.59 Å². The lowest BCUT2D eigenvalue weighted by Gasteiger charge is -2.16. The standard InChI is InChI=1S/C20H10Cl2N4O4S4/c21-11-7-3-1-5-9(11)15(27)23-25-17(29)13(33-19(25)31)14-18(30)26(20(32)34-14)24-16(28)10-6-2-4-8-12(10)22/h1-8H,(H,23,27)(H,24,28). The highest BCUT2D eigenvalue weighted by Gasteiger charge is 2.43. The Balaban J connectivity index is 1.53. The number of amides is 4. The number of nitrogens with zero attached hydrogens (tertiary/aromatic N) is 2. The van der Waals surface area contributed by atoms with Crippen molar-refractivity contribution in [1.29, 1.82) is 0 Å². The van der Waals surface area contributed by atoms with E-state index in [9.17, 15) is 19.2 Å². The molecule has 0 saturated carbocycles. The highest BCUT2D eigenvalue weighted by Crippen LogP contribution is 2.41. The van der Waals surface area contributed by atoms with Crippen LogP contribution in [0.25, 0.3) is 0 Å². The minimum atomic E-state index is -0.715. The zero-order chi connectivity index (χ0) is 24.6. The molecule has 8 nitrogen and oxygen atoms in total. The Morgan fingerprint density at radius 1 is 0.706 bits per heavy atom. The number of benzene rings is 2. The molecule has 2 heterocycles. The first-order valence-electron chi connectivity index (χ1n) is 9.17. The fraction of sp³-hybridized carbons (Fsp3) is 0. The van der Waals surface area contributed by atoms with Gasteiger partial charge in [0.1, 0.15) is 9.81 Å². The number of carbonyl (C=O) groups is 4. The molecule has 4 rings (SSSR count). The minimum Gasteiger partial charge on any atom is -0.267 e. The van der Waals surface area contributed by atoms with Crippen LogP contribution in [0.4, 0.5) is 0 Å². The fourth-order valence-corrected chi connectivity index (χ4v) is 5.77. The monoisotopic (exact) mass is 568 g/mol. The summed E-state index contributed by atoms with van der Waals surface area (Å²) in [4.78, 5) is 51.0. The van der Waals surface area contributed by atoms with E-state index in [0.717, 1.165) is 33.5 Å². The summed E-state index contributed by atoms with van der Waals surface area (Å²) in [5, 5.41) is 2.10. The van der Waals surface area contributed by atoms with Gasteiger partial charge in [-0.2, -0.15) is 10.0 Å². The van der Waals surface area contributed by atoms with E-state index in [1.54, 1.807) is 24.3 Å². The Labute approximate surface area is 221 Å². The van der Waals surface area contributed by atoms with Crippen LogP contribution in [0, 0.1) is 0 Å². The summed E-state index contributed by atoms with van der Waals surface area (Å²) < 4.78 is 0.0107. The minimum absolute atomic E-state index is 0.00535. The molecule has 4 amide bonds. The van der Waals surface area contributed by atoms with Crippen LogP contribution in [0.5, 0.6) is 0 Å². The number of rotatable bonds is 4. The van der Waals surface area contributed by atoms with Crippen molar-refractivity contribution in [2.75, 3.05) is 0 Å². The van der Waals surface area contributed by atoms with E-state index in [1.807, 2.05) is 0 Å². The van der Waals surface area contributed by atoms with Crippen molar-refractivity contribution in [1.82, 2.24) is 20.9 Å². The second-order valence-electron chi connectivity index (χ2n) is 6.52. The first-order chi connectivity index (χ1) is 16.2. The zero-order valence-corrected chi connectivity index (χ0v) is 21.3. The van der Waals surface area contributed by atoms with E-state index in [1.165, 1.54) is 24.3 Å². The average Bonchev–Trinajstić information content (AvgIpc) is 3.24. The van der Waals surface area contributed by atoms with Crippen molar-refractivity contribution in [2.24, 2.45) is 0 Å². The second-order valence-corrected chi connectivity index (χ2v) is 10.6. The maximum Gasteiger partial charge on any atom is 0.286 e. The van der Waals surface area contributed by atoms with Crippen molar-refractivity contribution in [3.63, 3.8) is 0 Å². The summed E-state index contributed by atoms with van der Waals surface area (Å²) in [5.74, 6) is -2.73. The topological polar surface area (TPSA) is 98.8 Å². The number of hydrazine groups is 2. The van der Waals surface area contributed by atoms with Gasteiger partial charge in [-0.1, -0.05) is 71.0 Å². The quantitative estimate of drug-likeness (QED) is 0.423. The van der Waals surface area contributed by atoms with Gasteiger partial charge in [0.15, 0.2) is 8.64 Å². The number of halogens is 2. The molecule has 2 saturated heterocycles. The second kappa shape index (κ2) is 10.0. The summed E-state index contributed by atoms with van der Waals surface area (Å²) in [6.07, 6.45) is 0. The maximum atomic E-state index is 13.0. The number of hydrogen-bond donors (Lipinski definition) is 2. The Bertz CT molecular complexity index is 1230. The summed E-state index contributed by atoms with van der Waals surface area (Å²) >= 11 is 24.1. The highest BCUT2D eigenvalue weighted by atomic mass is 35.5. The molecule has 2 aliphatic heterocycles. The smallest absolute Gasteiger partial charge is 0.267 e. The molecule has 14 heteroatoms. The Morgan fingerprint density at radius 3 is 1.41 bits per heavy atom. The third-order valence-electron chi connectivity index (χ3n) is 4.41. The van der Waals surface area contributed by atoms with Crippen molar-refractivity contribution in [2.45, 2.75) is 0 Å². The molecule has 0 spiro atoms. The zero-order valence-electron chi connectivity index (χ0n) is 16.5. The van der Waals surface area contributed by atoms with Crippen LogP contribution in [0.2, 0.25) is 10.0 Å². The van der Waals surface area contributed by atoms with Crippen molar-refractivity contribution in [3.8, 4) is 0 Å². The van der Waals surface area contributed by atoms with Gasteiger partial charge in [-0.3, -0.25) is 30.0 Å². The SMILES string of the molecule is O=C(NN1C(=O)C(=C2SC(=S)N(NC(=O)c3ccccc3Cl)C2=O)SC1=S)c1ccccc1Cl. The average molecular weight is 569 g/mol. The first kappa shape index (κ1) is 24.6. The Hall–Kier alpha value is -2.48. The predicted molar refractivity (Wildman–Crippen MR) is 139 cm³/mol. The van der Waals surface area contributed by atoms with E-state index in [-0.39, 0.29) is 39.6 Å². The summed E-state index contributed by atoms with van der Waals surface area (Å²) in [7, 11) is 0. The van der Waals surface area contributed by atoms with Crippen LogP contribution in [0.3, 0.4) is 0 Å². The third kappa shape index (κ3) is 4.69. The van der Waals surface area contributed by atoms with E-state index < -0.39 is 23.6 Å². The van der Waals surface area contributed by atoms with Crippen LogP contribution >= 0.6 is 71.2 Å². The first-order valence-corrected chi connectivity index (χ1v) is 12.4. The fourth-order valence-electron chi connectivity index (χ4n) is 2.82. The molecule has 34 heavy (non-hydrogen) atoms. The van der Waals surface area contributed by atoms with Crippen LogP contribution in [0.15, 0.2) is 58.3 Å². The molecule has 0 atom stereocenters. The lowest BCUT2D eigenvalue weighted by Crippen LogP contribution is -2.45. The number of nitrogens with one attached hydrogen (secondary N) is 2. The van der Waals surface area contributed by atoms with Crippen LogP contribution in [-0.4, -0.2) is 42.3 Å². The maximum absolute atomic E-state index is 13.0. The molecular weight excluding hydrogens is 559 g/mol. The van der Waals surface area contributed by atoms with Gasteiger partial charge in [0.05, 0.1) is 21.2 Å². The molecular formula is C20H10Cl2N4O4S4. The molecule has 2 aliphatic rings. The molecule has 0 bridgehead atoms. The highest BCUT2D eigenvalue weighted by molar-refractivity contribution is 8.29. The number of carbonyl (C=O) groups excluding carboxylic acids is 4. The van der Waals surface area contributed by atoms with Gasteiger partial charge in [-0.25, -0.2) is 0 Å². The number of thiocarbonyl (C=S) groups is 2. The van der Waals surface area contributed by atoms with Gasteiger partial charge in [0.2, 0.25) is 0 Å². The predicted octanol–water partition coefficient (Wildman–Crippen LogP) is 3.92. The van der Waals surface area contributed by atoms with E-state index >= 15 is 0 Å². The molecule has 0 radical (unpaired) electrons. The van der Waals surface area contributed by atoms with E-state index in [4.69, 9.17) is 47.6 Å². The Kier molecular flexibility index (Phi) is 7.26. The van der Waals surface area contributed by atoms with Gasteiger partial charge in [-0.05, 0) is 48.7 Å². The van der Waals surface area contributed by atoms with E-state index in [2.05, 4.69) is 10.9 Å². The molecule has 0 aliphatic carbocycles. The lowest BCUT2D eigenvalue weighted by molar-refractivity contribution is -0.126. The molecule has 0 aromatic heterocycles. The molecule has 2 N–H and O–H groups in total. The largest absolute Gasteiger partial charge is 0.286 e. The third-order valence-corrected chi connectivity index (χ3v) is 7.94. The molecule has 0 unspecified atom stereocenters. The summed E-state index contributed by atoms with van der Waals surface area (Å²) in [5.41, 5.74) is 5.09. The van der Waals surface area contributed by atoms with Gasteiger partial charge >= 0.3 is 0 Å². The van der Waals surface area contributed by atoms with Crippen molar-refractivity contribution >= 4 is 103 Å². The molecule has 172 valence electrons. The number of thioether (sulfide) groups is 2. The molecule has 2 fully saturated rings. The van der Waals surface area contributed by atoms with Gasteiger partial charge in [0, 0.05) is 0 Å². The van der Waals surface area contributed by atoms with Gasteiger partial charge in [-0.15, -0.1) is 0 Å². The van der Waals surface area contributed by atoms with Gasteiger partial charge < -0.3 is 0 Å². The van der Waals surface area contributed by atoms with Crippen molar-refractivity contribution in [3.05, 3.63) is 79.5 Å². The van der Waals surface area contributed by atoms with Crippen LogP contribution in [0.1, 0.15) is 20.7 Å². The summed E-state index contributed by atoms with van der Waals surface area (Å²) in [6.45, 7) is 0. The van der Waals surface area contributed by atoms with Gasteiger partial charge in [0.25, 0.3) is 23.6 Å². The van der Waals surface area contributed by atoms with E-state index in [0.29, 0.717) is 0 Å². The Morgan fingerprint density at radius 2 is 1.06 bits per heavy atom.